The van der Waals surface area contributed by atoms with E-state index in [2.05, 4.69) is 5.10 Å². The molecular weight excluding hydrogens is 282 g/mol. The summed E-state index contributed by atoms with van der Waals surface area (Å²) in [6.45, 7) is 1.27. The van der Waals surface area contributed by atoms with Crippen LogP contribution in [-0.4, -0.2) is 55.8 Å². The van der Waals surface area contributed by atoms with Gasteiger partial charge in [-0.05, 0) is 5.10 Å². The molecule has 0 bridgehead atoms. The van der Waals surface area contributed by atoms with Crippen LogP contribution in [-0.2, 0) is 22.1 Å². The average Bonchev–Trinajstić information content (AvgIpc) is 2.46. The van der Waals surface area contributed by atoms with Gasteiger partial charge in [0.05, 0.1) is 5.56 Å². The van der Waals surface area contributed by atoms with Gasteiger partial charge in [0.25, 0.3) is 5.91 Å². The molecule has 2 rings (SSSR count). The number of rotatable bonds is 4. The lowest BCUT2D eigenvalue weighted by atomic mass is 10.2. The Bertz CT molecular complexity index is 522. The third-order valence-electron chi connectivity index (χ3n) is 3.04. The largest absolute Gasteiger partial charge is 0.481 e. The summed E-state index contributed by atoms with van der Waals surface area (Å²) in [5.41, 5.74) is 0.462. The number of aromatic nitrogens is 2. The molecule has 2 heterocycles. The van der Waals surface area contributed by atoms with Crippen molar-refractivity contribution >= 4 is 22.7 Å². The van der Waals surface area contributed by atoms with Crippen molar-refractivity contribution in [2.75, 3.05) is 24.6 Å². The highest BCUT2D eigenvalue weighted by molar-refractivity contribution is 7.85. The average molecular weight is 298 g/mol. The minimum Gasteiger partial charge on any atom is -0.481 e. The second-order valence-corrected chi connectivity index (χ2v) is 6.16. The van der Waals surface area contributed by atoms with Crippen LogP contribution in [0.3, 0.4) is 0 Å². The second kappa shape index (κ2) is 6.56. The van der Waals surface area contributed by atoms with Gasteiger partial charge >= 0.3 is 5.97 Å². The molecule has 7 nitrogen and oxygen atoms in total. The minimum absolute atomic E-state index is 0.0110. The Morgan fingerprint density at radius 2 is 2.10 bits per heavy atom. The normalized spacial score (nSPS) is 16.1. The number of amides is 1. The molecule has 1 N–H and O–H groups in total. The standard InChI is InChI=1S/C12H15N3O4S/c16-11(17)2-4-15-3-1-10(9-13-15)12(18)14-5-7-20(19)8-6-14/h1,3,9H,2,4-8H2/p+1. The Balaban J connectivity index is 1.96. The zero-order valence-corrected chi connectivity index (χ0v) is 11.7. The zero-order valence-electron chi connectivity index (χ0n) is 10.9. The smallest absolute Gasteiger partial charge is 0.309 e. The van der Waals surface area contributed by atoms with E-state index in [0.717, 1.165) is 0 Å². The number of aryl methyl sites for hydroxylation is 1. The monoisotopic (exact) mass is 298 g/mol. The Kier molecular flexibility index (Phi) is 4.78. The molecule has 0 spiro atoms. The fourth-order valence-corrected chi connectivity index (χ4v) is 2.93. The fourth-order valence-electron chi connectivity index (χ4n) is 1.88. The highest BCUT2D eigenvalue weighted by atomic mass is 32.2. The van der Waals surface area contributed by atoms with Gasteiger partial charge in [-0.1, -0.05) is 4.68 Å². The maximum absolute atomic E-state index is 12.2. The van der Waals surface area contributed by atoms with Crippen molar-refractivity contribution in [2.24, 2.45) is 0 Å². The highest BCUT2D eigenvalue weighted by Crippen LogP contribution is 2.06. The van der Waals surface area contributed by atoms with Gasteiger partial charge in [-0.25, -0.2) is 0 Å². The molecule has 0 radical (unpaired) electrons. The summed E-state index contributed by atoms with van der Waals surface area (Å²) in [4.78, 5) is 24.3. The van der Waals surface area contributed by atoms with Crippen LogP contribution in [0.25, 0.3) is 0 Å². The number of aliphatic carboxylic acids is 1. The van der Waals surface area contributed by atoms with E-state index in [1.165, 1.54) is 10.9 Å². The summed E-state index contributed by atoms with van der Waals surface area (Å²) in [5.74, 6) is 0.0234. The van der Waals surface area contributed by atoms with Gasteiger partial charge in [-0.15, -0.1) is 0 Å². The molecule has 1 amide bonds. The summed E-state index contributed by atoms with van der Waals surface area (Å²) in [5, 5.41) is 12.6. The van der Waals surface area contributed by atoms with Crippen molar-refractivity contribution in [2.45, 2.75) is 13.0 Å². The first-order valence-corrected chi connectivity index (χ1v) is 7.77. The van der Waals surface area contributed by atoms with Gasteiger partial charge in [-0.2, -0.15) is 0 Å². The van der Waals surface area contributed by atoms with Crippen molar-refractivity contribution in [3.05, 3.63) is 24.0 Å². The lowest BCUT2D eigenvalue weighted by molar-refractivity contribution is -0.753. The molecule has 1 aliphatic heterocycles. The first kappa shape index (κ1) is 14.6. The van der Waals surface area contributed by atoms with Crippen LogP contribution in [0.4, 0.5) is 0 Å². The van der Waals surface area contributed by atoms with E-state index < -0.39 is 16.8 Å². The van der Waals surface area contributed by atoms with Gasteiger partial charge in [0, 0.05) is 41.5 Å². The van der Waals surface area contributed by atoms with Gasteiger partial charge in [0.2, 0.25) is 0 Å². The van der Waals surface area contributed by atoms with E-state index >= 15 is 0 Å². The number of nitrogens with zero attached hydrogens (tertiary/aromatic N) is 3. The molecule has 0 atom stereocenters. The van der Waals surface area contributed by atoms with Crippen LogP contribution < -0.4 is 4.68 Å². The molecule has 1 aliphatic rings. The maximum Gasteiger partial charge on any atom is 0.309 e. The Morgan fingerprint density at radius 3 is 2.65 bits per heavy atom. The van der Waals surface area contributed by atoms with E-state index in [4.69, 9.17) is 5.11 Å². The Labute approximate surface area is 118 Å². The van der Waals surface area contributed by atoms with Gasteiger partial charge < -0.3 is 10.0 Å². The van der Waals surface area contributed by atoms with Crippen LogP contribution in [0.5, 0.6) is 0 Å². The minimum atomic E-state index is -0.888. The number of carboxylic acids is 1. The SMILES string of the molecule is O=C(O)CC[n+]1ccc(C(=O)N2CCS(=O)CC2)cn1. The van der Waals surface area contributed by atoms with E-state index in [1.807, 2.05) is 0 Å². The molecular formula is C12H16N3O4S+. The summed E-state index contributed by atoms with van der Waals surface area (Å²) in [6.07, 6.45) is 3.02. The second-order valence-electron chi connectivity index (χ2n) is 4.46. The first-order valence-electron chi connectivity index (χ1n) is 6.28. The van der Waals surface area contributed by atoms with Crippen molar-refractivity contribution in [3.8, 4) is 0 Å². The van der Waals surface area contributed by atoms with Gasteiger partial charge in [0.15, 0.2) is 12.7 Å². The molecule has 20 heavy (non-hydrogen) atoms. The molecule has 0 aliphatic carbocycles. The molecule has 1 saturated heterocycles. The predicted molar refractivity (Wildman–Crippen MR) is 70.5 cm³/mol. The quantitative estimate of drug-likeness (QED) is 0.724. The van der Waals surface area contributed by atoms with Gasteiger partial charge in [0.1, 0.15) is 12.6 Å². The fraction of sp³-hybridized carbons (Fsp3) is 0.500. The highest BCUT2D eigenvalue weighted by Gasteiger charge is 2.22. The third-order valence-corrected chi connectivity index (χ3v) is 4.31. The van der Waals surface area contributed by atoms with E-state index in [1.54, 1.807) is 17.2 Å². The first-order chi connectivity index (χ1) is 9.56. The Hall–Kier alpha value is -1.83. The molecule has 108 valence electrons. The predicted octanol–water partition coefficient (Wildman–Crippen LogP) is -0.952. The number of carboxylic acid groups (broad SMARTS) is 1. The van der Waals surface area contributed by atoms with Crippen molar-refractivity contribution in [1.82, 2.24) is 10.00 Å². The molecule has 0 saturated carbocycles. The summed E-state index contributed by atoms with van der Waals surface area (Å²) >= 11 is 0. The van der Waals surface area contributed by atoms with E-state index in [9.17, 15) is 13.8 Å². The Morgan fingerprint density at radius 1 is 1.40 bits per heavy atom. The summed E-state index contributed by atoms with van der Waals surface area (Å²) < 4.78 is 12.7. The van der Waals surface area contributed by atoms with Crippen molar-refractivity contribution in [1.29, 1.82) is 0 Å². The molecule has 0 aromatic carbocycles. The maximum atomic E-state index is 12.2. The number of carbonyl (C=O) groups excluding carboxylic acids is 1. The van der Waals surface area contributed by atoms with Crippen LogP contribution in [0.1, 0.15) is 16.8 Å². The molecule has 0 unspecified atom stereocenters. The van der Waals surface area contributed by atoms with Crippen molar-refractivity contribution < 1.29 is 23.6 Å². The van der Waals surface area contributed by atoms with E-state index in [-0.39, 0.29) is 18.9 Å². The van der Waals surface area contributed by atoms with Crippen molar-refractivity contribution in [3.63, 3.8) is 0 Å². The number of hydrogen-bond acceptors (Lipinski definition) is 4. The summed E-state index contributed by atoms with van der Waals surface area (Å²) in [7, 11) is -0.814. The topological polar surface area (TPSA) is 91.5 Å². The summed E-state index contributed by atoms with van der Waals surface area (Å²) in [6, 6.07) is 1.63. The van der Waals surface area contributed by atoms with E-state index in [0.29, 0.717) is 30.2 Å². The van der Waals surface area contributed by atoms with Crippen LogP contribution in [0, 0.1) is 0 Å². The molecule has 1 aromatic heterocycles. The van der Waals surface area contributed by atoms with Gasteiger partial charge in [-0.3, -0.25) is 13.8 Å². The van der Waals surface area contributed by atoms with Crippen LogP contribution in [0.2, 0.25) is 0 Å². The number of hydrogen-bond donors (Lipinski definition) is 1. The molecule has 1 aromatic rings. The molecule has 1 fully saturated rings. The molecule has 8 heteroatoms. The zero-order chi connectivity index (χ0) is 14.5. The van der Waals surface area contributed by atoms with Crippen LogP contribution in [0.15, 0.2) is 18.5 Å². The number of carbonyl (C=O) groups is 2. The third kappa shape index (κ3) is 3.83. The lowest BCUT2D eigenvalue weighted by Gasteiger charge is -2.25. The lowest BCUT2D eigenvalue weighted by Crippen LogP contribution is -2.43. The van der Waals surface area contributed by atoms with Crippen LogP contribution >= 0.6 is 0 Å².